The Morgan fingerprint density at radius 1 is 1.18 bits per heavy atom. The lowest BCUT2D eigenvalue weighted by atomic mass is 10.2. The van der Waals surface area contributed by atoms with Gasteiger partial charge in [-0.2, -0.15) is 0 Å². The van der Waals surface area contributed by atoms with Gasteiger partial charge in [-0.3, -0.25) is 0 Å². The van der Waals surface area contributed by atoms with E-state index in [9.17, 15) is 0 Å². The molecular formula is C23H24ClN5O4. The van der Waals surface area contributed by atoms with Crippen LogP contribution in [0.2, 0.25) is 5.15 Å². The molecule has 172 valence electrons. The van der Waals surface area contributed by atoms with Crippen LogP contribution >= 0.6 is 11.6 Å². The first-order chi connectivity index (χ1) is 15.9. The van der Waals surface area contributed by atoms with Crippen molar-refractivity contribution >= 4 is 33.5 Å². The van der Waals surface area contributed by atoms with E-state index in [2.05, 4.69) is 19.9 Å². The number of hydrogen-bond donors (Lipinski definition) is 0. The molecule has 3 aromatic heterocycles. The predicted molar refractivity (Wildman–Crippen MR) is 122 cm³/mol. The molecule has 1 fully saturated rings. The van der Waals surface area contributed by atoms with Crippen molar-refractivity contribution in [2.24, 2.45) is 0 Å². The normalized spacial score (nSPS) is 21.2. The lowest BCUT2D eigenvalue weighted by Crippen LogP contribution is -2.35. The van der Waals surface area contributed by atoms with Gasteiger partial charge in [0.05, 0.1) is 17.0 Å². The molecule has 0 aliphatic carbocycles. The van der Waals surface area contributed by atoms with Crippen molar-refractivity contribution < 1.29 is 18.9 Å². The molecule has 4 aromatic rings. The van der Waals surface area contributed by atoms with Gasteiger partial charge in [0.15, 0.2) is 12.0 Å². The van der Waals surface area contributed by atoms with Gasteiger partial charge in [0.1, 0.15) is 41.9 Å². The third-order valence-corrected chi connectivity index (χ3v) is 6.02. The van der Waals surface area contributed by atoms with Crippen molar-refractivity contribution in [3.8, 4) is 5.75 Å². The molecular weight excluding hydrogens is 446 g/mol. The van der Waals surface area contributed by atoms with Crippen molar-refractivity contribution in [2.75, 3.05) is 13.7 Å². The molecule has 0 spiro atoms. The van der Waals surface area contributed by atoms with E-state index < -0.39 is 12.0 Å². The molecule has 0 radical (unpaired) electrons. The van der Waals surface area contributed by atoms with Crippen LogP contribution in [0.1, 0.15) is 26.5 Å². The van der Waals surface area contributed by atoms with Gasteiger partial charge < -0.3 is 23.5 Å². The summed E-state index contributed by atoms with van der Waals surface area (Å²) >= 11 is 6.24. The summed E-state index contributed by atoms with van der Waals surface area (Å²) in [6.45, 7) is 4.10. The zero-order chi connectivity index (χ0) is 23.0. The Hall–Kier alpha value is -2.85. The van der Waals surface area contributed by atoms with Crippen LogP contribution in [0.15, 0.2) is 49.3 Å². The van der Waals surface area contributed by atoms with Gasteiger partial charge in [-0.1, -0.05) is 11.6 Å². The fraction of sp³-hybridized carbons (Fsp3) is 0.391. The second-order valence-corrected chi connectivity index (χ2v) is 8.68. The highest BCUT2D eigenvalue weighted by Crippen LogP contribution is 2.37. The van der Waals surface area contributed by atoms with E-state index in [1.807, 2.05) is 48.9 Å². The smallest absolute Gasteiger partial charge is 0.162 e. The summed E-state index contributed by atoms with van der Waals surface area (Å²) in [6.07, 6.45) is 6.31. The highest BCUT2D eigenvalue weighted by Gasteiger charge is 2.41. The van der Waals surface area contributed by atoms with Gasteiger partial charge in [0.25, 0.3) is 0 Å². The number of nitrogens with zero attached hydrogens (tertiary/aromatic N) is 5. The zero-order valence-electron chi connectivity index (χ0n) is 18.5. The molecule has 5 rings (SSSR count). The molecule has 0 amide bonds. The molecule has 0 bridgehead atoms. The number of aromatic nitrogens is 5. The first-order valence-electron chi connectivity index (χ1n) is 10.6. The average molecular weight is 470 g/mol. The van der Waals surface area contributed by atoms with Crippen LogP contribution < -0.4 is 4.74 Å². The SMILES string of the molecule is COC(C)(C)O[C@@H]1C[C@@H](COc2ccc3cncnc3c2)O[C@H]1n1ccc2c(Cl)ncnc21. The third kappa shape index (κ3) is 4.49. The van der Waals surface area contributed by atoms with E-state index in [0.29, 0.717) is 29.6 Å². The molecule has 3 atom stereocenters. The van der Waals surface area contributed by atoms with E-state index in [-0.39, 0.29) is 12.2 Å². The van der Waals surface area contributed by atoms with Gasteiger partial charge in [-0.25, -0.2) is 19.9 Å². The molecule has 1 aliphatic rings. The number of hydrogen-bond acceptors (Lipinski definition) is 8. The molecule has 0 unspecified atom stereocenters. The number of benzene rings is 1. The van der Waals surface area contributed by atoms with Crippen LogP contribution in [0.3, 0.4) is 0 Å². The maximum absolute atomic E-state index is 6.39. The highest BCUT2D eigenvalue weighted by molar-refractivity contribution is 6.33. The lowest BCUT2D eigenvalue weighted by Gasteiger charge is -2.30. The number of methoxy groups -OCH3 is 1. The van der Waals surface area contributed by atoms with E-state index >= 15 is 0 Å². The zero-order valence-corrected chi connectivity index (χ0v) is 19.3. The van der Waals surface area contributed by atoms with Gasteiger partial charge in [-0.15, -0.1) is 0 Å². The fourth-order valence-corrected chi connectivity index (χ4v) is 4.16. The molecule has 0 N–H and O–H groups in total. The van der Waals surface area contributed by atoms with Crippen LogP contribution in [0, 0.1) is 0 Å². The third-order valence-electron chi connectivity index (χ3n) is 5.72. The summed E-state index contributed by atoms with van der Waals surface area (Å²) in [5.74, 6) is -0.0655. The van der Waals surface area contributed by atoms with Crippen LogP contribution in [-0.4, -0.2) is 56.2 Å². The van der Waals surface area contributed by atoms with Crippen molar-refractivity contribution in [2.45, 2.75) is 44.5 Å². The van der Waals surface area contributed by atoms with E-state index in [1.54, 1.807) is 13.3 Å². The average Bonchev–Trinajstić information content (AvgIpc) is 3.42. The topological polar surface area (TPSA) is 93.4 Å². The van der Waals surface area contributed by atoms with Crippen LogP contribution in [0.5, 0.6) is 5.75 Å². The summed E-state index contributed by atoms with van der Waals surface area (Å²) in [5.41, 5.74) is 1.51. The lowest BCUT2D eigenvalue weighted by molar-refractivity contribution is -0.237. The largest absolute Gasteiger partial charge is 0.491 e. The maximum atomic E-state index is 6.39. The predicted octanol–water partition coefficient (Wildman–Crippen LogP) is 4.16. The second kappa shape index (κ2) is 8.83. The molecule has 1 aliphatic heterocycles. The van der Waals surface area contributed by atoms with E-state index in [0.717, 1.165) is 16.3 Å². The first kappa shape index (κ1) is 22.0. The van der Waals surface area contributed by atoms with Crippen molar-refractivity contribution in [3.05, 3.63) is 54.5 Å². The van der Waals surface area contributed by atoms with E-state index in [1.165, 1.54) is 12.7 Å². The first-order valence-corrected chi connectivity index (χ1v) is 11.0. The summed E-state index contributed by atoms with van der Waals surface area (Å²) in [7, 11) is 1.62. The fourth-order valence-electron chi connectivity index (χ4n) is 3.96. The Labute approximate surface area is 195 Å². The van der Waals surface area contributed by atoms with Gasteiger partial charge in [0.2, 0.25) is 0 Å². The van der Waals surface area contributed by atoms with Crippen LogP contribution in [0.4, 0.5) is 0 Å². The minimum Gasteiger partial charge on any atom is -0.491 e. The summed E-state index contributed by atoms with van der Waals surface area (Å²) < 4.78 is 26.2. The highest BCUT2D eigenvalue weighted by atomic mass is 35.5. The Morgan fingerprint density at radius 2 is 2.06 bits per heavy atom. The molecule has 4 heterocycles. The van der Waals surface area contributed by atoms with Crippen LogP contribution in [0.25, 0.3) is 21.9 Å². The molecule has 1 saturated heterocycles. The maximum Gasteiger partial charge on any atom is 0.162 e. The quantitative estimate of drug-likeness (QED) is 0.294. The Bertz CT molecular complexity index is 1280. The summed E-state index contributed by atoms with van der Waals surface area (Å²) in [5, 5.41) is 2.11. The second-order valence-electron chi connectivity index (χ2n) is 8.32. The van der Waals surface area contributed by atoms with Gasteiger partial charge in [0, 0.05) is 37.4 Å². The molecule has 10 heteroatoms. The number of fused-ring (bicyclic) bond motifs is 2. The molecule has 1 aromatic carbocycles. The standard InChI is InChI=1S/C23H24ClN5O4/c1-23(2,30-3)33-19-9-16(11-31-15-5-4-14-10-25-12-26-18(14)8-15)32-22(19)29-7-6-17-20(24)27-13-28-21(17)29/h4-8,10,12-13,16,19,22H,9,11H2,1-3H3/t16-,19+,22+/m0/s1. The van der Waals surface area contributed by atoms with Gasteiger partial charge >= 0.3 is 0 Å². The van der Waals surface area contributed by atoms with E-state index in [4.69, 9.17) is 30.5 Å². The minimum atomic E-state index is -0.782. The monoisotopic (exact) mass is 469 g/mol. The van der Waals surface area contributed by atoms with Crippen molar-refractivity contribution in [1.29, 1.82) is 0 Å². The van der Waals surface area contributed by atoms with Crippen molar-refractivity contribution in [3.63, 3.8) is 0 Å². The van der Waals surface area contributed by atoms with Crippen molar-refractivity contribution in [1.82, 2.24) is 24.5 Å². The van der Waals surface area contributed by atoms with Gasteiger partial charge in [-0.05, 0) is 32.0 Å². The molecule has 0 saturated carbocycles. The number of halogens is 1. The summed E-state index contributed by atoms with van der Waals surface area (Å²) in [4.78, 5) is 16.8. The number of rotatable bonds is 7. The minimum absolute atomic E-state index is 0.205. The number of ether oxygens (including phenoxy) is 4. The Kier molecular flexibility index (Phi) is 5.88. The Morgan fingerprint density at radius 3 is 2.91 bits per heavy atom. The Balaban J connectivity index is 1.37. The molecule has 9 nitrogen and oxygen atoms in total. The van der Waals surface area contributed by atoms with Crippen LogP contribution in [-0.2, 0) is 14.2 Å². The molecule has 33 heavy (non-hydrogen) atoms. The summed E-state index contributed by atoms with van der Waals surface area (Å²) in [6, 6.07) is 7.61.